The average Bonchev–Trinajstić information content (AvgIpc) is 2.75. The van der Waals surface area contributed by atoms with E-state index in [4.69, 9.17) is 25.8 Å². The molecule has 1 N–H and O–H groups in total. The summed E-state index contributed by atoms with van der Waals surface area (Å²) in [6, 6.07) is 17.9. The van der Waals surface area contributed by atoms with Crippen LogP contribution in [0.15, 0.2) is 60.7 Å². The van der Waals surface area contributed by atoms with E-state index in [2.05, 4.69) is 5.32 Å². The van der Waals surface area contributed by atoms with Gasteiger partial charge in [0.2, 0.25) is 0 Å². The number of carbonyl (C=O) groups excluding carboxylic acids is 1. The van der Waals surface area contributed by atoms with Crippen molar-refractivity contribution in [3.05, 3.63) is 82.4 Å². The predicted octanol–water partition coefficient (Wildman–Crippen LogP) is 5.50. The van der Waals surface area contributed by atoms with Crippen molar-refractivity contribution in [3.8, 4) is 17.2 Å². The maximum Gasteiger partial charge on any atom is 0.255 e. The summed E-state index contributed by atoms with van der Waals surface area (Å²) in [6.07, 6.45) is 0. The molecule has 0 heterocycles. The molecule has 5 nitrogen and oxygen atoms in total. The molecule has 0 bridgehead atoms. The summed E-state index contributed by atoms with van der Waals surface area (Å²) in [5.41, 5.74) is 2.76. The summed E-state index contributed by atoms with van der Waals surface area (Å²) < 4.78 is 16.4. The van der Waals surface area contributed by atoms with Crippen LogP contribution in [0.5, 0.6) is 17.2 Å². The van der Waals surface area contributed by atoms with Gasteiger partial charge in [0.25, 0.3) is 5.91 Å². The lowest BCUT2D eigenvalue weighted by Crippen LogP contribution is -2.13. The van der Waals surface area contributed by atoms with Crippen molar-refractivity contribution in [3.63, 3.8) is 0 Å². The predicted molar refractivity (Wildman–Crippen MR) is 114 cm³/mol. The van der Waals surface area contributed by atoms with Gasteiger partial charge < -0.3 is 19.5 Å². The normalized spacial score (nSPS) is 10.3. The molecule has 0 saturated carbocycles. The van der Waals surface area contributed by atoms with Crippen molar-refractivity contribution < 1.29 is 19.0 Å². The van der Waals surface area contributed by atoms with E-state index in [0.717, 1.165) is 16.9 Å². The monoisotopic (exact) mass is 411 g/mol. The summed E-state index contributed by atoms with van der Waals surface area (Å²) in [4.78, 5) is 12.7. The lowest BCUT2D eigenvalue weighted by Gasteiger charge is -2.13. The highest BCUT2D eigenvalue weighted by molar-refractivity contribution is 6.31. The molecule has 3 rings (SSSR count). The summed E-state index contributed by atoms with van der Waals surface area (Å²) in [7, 11) is 3.20. The van der Waals surface area contributed by atoms with Gasteiger partial charge in [0.15, 0.2) is 0 Å². The van der Waals surface area contributed by atoms with Crippen LogP contribution in [0, 0.1) is 6.92 Å². The SMILES string of the molecule is COc1ccc(OCc2cc(C(=O)Nc3cccc(Cl)c3C)ccc2OC)cc1. The third-order valence-corrected chi connectivity index (χ3v) is 4.92. The number of anilines is 1. The van der Waals surface area contributed by atoms with Crippen molar-refractivity contribution >= 4 is 23.2 Å². The Kier molecular flexibility index (Phi) is 6.62. The molecule has 0 unspecified atom stereocenters. The molecule has 0 spiro atoms. The fourth-order valence-corrected chi connectivity index (χ4v) is 2.98. The van der Waals surface area contributed by atoms with Gasteiger partial charge in [-0.3, -0.25) is 4.79 Å². The van der Waals surface area contributed by atoms with E-state index in [9.17, 15) is 4.79 Å². The Morgan fingerprint density at radius 1 is 0.966 bits per heavy atom. The third-order valence-electron chi connectivity index (χ3n) is 4.51. The molecule has 1 amide bonds. The zero-order chi connectivity index (χ0) is 20.8. The molecular weight excluding hydrogens is 390 g/mol. The number of methoxy groups -OCH3 is 2. The Hall–Kier alpha value is -3.18. The molecular formula is C23H22ClNO4. The first-order chi connectivity index (χ1) is 14.0. The largest absolute Gasteiger partial charge is 0.497 e. The second-order valence-corrected chi connectivity index (χ2v) is 6.76. The van der Waals surface area contributed by atoms with E-state index < -0.39 is 0 Å². The molecule has 0 saturated heterocycles. The Labute approximate surface area is 175 Å². The minimum atomic E-state index is -0.233. The van der Waals surface area contributed by atoms with Gasteiger partial charge in [0.1, 0.15) is 23.9 Å². The molecule has 150 valence electrons. The van der Waals surface area contributed by atoms with Gasteiger partial charge in [0.05, 0.1) is 14.2 Å². The van der Waals surface area contributed by atoms with Gasteiger partial charge in [-0.2, -0.15) is 0 Å². The van der Waals surface area contributed by atoms with Crippen LogP contribution in [0.1, 0.15) is 21.5 Å². The average molecular weight is 412 g/mol. The molecule has 0 atom stereocenters. The first-order valence-electron chi connectivity index (χ1n) is 9.02. The number of hydrogen-bond acceptors (Lipinski definition) is 4. The van der Waals surface area contributed by atoms with Crippen LogP contribution in [-0.2, 0) is 6.61 Å². The fraction of sp³-hybridized carbons (Fsp3) is 0.174. The van der Waals surface area contributed by atoms with Crippen molar-refractivity contribution in [2.24, 2.45) is 0 Å². The Morgan fingerprint density at radius 3 is 2.38 bits per heavy atom. The van der Waals surface area contributed by atoms with E-state index in [-0.39, 0.29) is 12.5 Å². The molecule has 3 aromatic carbocycles. The van der Waals surface area contributed by atoms with Crippen LogP contribution in [0.3, 0.4) is 0 Å². The highest BCUT2D eigenvalue weighted by atomic mass is 35.5. The second kappa shape index (κ2) is 9.34. The fourth-order valence-electron chi connectivity index (χ4n) is 2.80. The molecule has 3 aromatic rings. The summed E-state index contributed by atoms with van der Waals surface area (Å²) >= 11 is 6.13. The highest BCUT2D eigenvalue weighted by Gasteiger charge is 2.13. The summed E-state index contributed by atoms with van der Waals surface area (Å²) in [5, 5.41) is 3.50. The lowest BCUT2D eigenvalue weighted by atomic mass is 10.1. The quantitative estimate of drug-likeness (QED) is 0.558. The topological polar surface area (TPSA) is 56.8 Å². The number of nitrogens with one attached hydrogen (secondary N) is 1. The van der Waals surface area contributed by atoms with Crippen LogP contribution in [0.4, 0.5) is 5.69 Å². The van der Waals surface area contributed by atoms with E-state index in [1.165, 1.54) is 0 Å². The van der Waals surface area contributed by atoms with Gasteiger partial charge in [-0.15, -0.1) is 0 Å². The highest BCUT2D eigenvalue weighted by Crippen LogP contribution is 2.26. The number of halogens is 1. The first kappa shape index (κ1) is 20.6. The van der Waals surface area contributed by atoms with Gasteiger partial charge >= 0.3 is 0 Å². The first-order valence-corrected chi connectivity index (χ1v) is 9.40. The van der Waals surface area contributed by atoms with Gasteiger partial charge in [-0.05, 0) is 67.1 Å². The van der Waals surface area contributed by atoms with Crippen LogP contribution < -0.4 is 19.5 Å². The number of ether oxygens (including phenoxy) is 3. The van der Waals surface area contributed by atoms with Crippen molar-refractivity contribution in [2.45, 2.75) is 13.5 Å². The smallest absolute Gasteiger partial charge is 0.255 e. The number of carbonyl (C=O) groups is 1. The summed E-state index contributed by atoms with van der Waals surface area (Å²) in [6.45, 7) is 2.12. The van der Waals surface area contributed by atoms with Crippen LogP contribution in [0.25, 0.3) is 0 Å². The van der Waals surface area contributed by atoms with E-state index >= 15 is 0 Å². The molecule has 6 heteroatoms. The van der Waals surface area contributed by atoms with Gasteiger partial charge in [-0.25, -0.2) is 0 Å². The number of amides is 1. The number of hydrogen-bond donors (Lipinski definition) is 1. The van der Waals surface area contributed by atoms with Crippen LogP contribution >= 0.6 is 11.6 Å². The van der Waals surface area contributed by atoms with Crippen LogP contribution in [0.2, 0.25) is 5.02 Å². The number of rotatable bonds is 7. The minimum Gasteiger partial charge on any atom is -0.497 e. The Morgan fingerprint density at radius 2 is 1.69 bits per heavy atom. The lowest BCUT2D eigenvalue weighted by molar-refractivity contribution is 0.102. The van der Waals surface area contributed by atoms with Gasteiger partial charge in [0, 0.05) is 21.8 Å². The van der Waals surface area contributed by atoms with Crippen molar-refractivity contribution in [1.82, 2.24) is 0 Å². The zero-order valence-corrected chi connectivity index (χ0v) is 17.2. The van der Waals surface area contributed by atoms with Gasteiger partial charge in [-0.1, -0.05) is 17.7 Å². The molecule has 0 aliphatic heterocycles. The molecule has 0 aliphatic rings. The minimum absolute atomic E-state index is 0.233. The maximum atomic E-state index is 12.7. The molecule has 0 aliphatic carbocycles. The molecule has 0 radical (unpaired) electrons. The van der Waals surface area contributed by atoms with E-state index in [0.29, 0.717) is 27.8 Å². The number of benzene rings is 3. The van der Waals surface area contributed by atoms with E-state index in [1.807, 2.05) is 37.3 Å². The van der Waals surface area contributed by atoms with Crippen molar-refractivity contribution in [1.29, 1.82) is 0 Å². The second-order valence-electron chi connectivity index (χ2n) is 6.36. The standard InChI is InChI=1S/C23H22ClNO4/c1-15-20(24)5-4-6-21(15)25-23(26)16-7-12-22(28-3)17(13-16)14-29-19-10-8-18(27-2)9-11-19/h4-13H,14H2,1-3H3,(H,25,26). The Bertz CT molecular complexity index is 1000. The molecule has 0 fully saturated rings. The third kappa shape index (κ3) is 5.00. The Balaban J connectivity index is 1.76. The summed E-state index contributed by atoms with van der Waals surface area (Å²) in [5.74, 6) is 1.86. The molecule has 29 heavy (non-hydrogen) atoms. The molecule has 0 aromatic heterocycles. The zero-order valence-electron chi connectivity index (χ0n) is 16.5. The van der Waals surface area contributed by atoms with E-state index in [1.54, 1.807) is 44.6 Å². The van der Waals surface area contributed by atoms with Crippen molar-refractivity contribution in [2.75, 3.05) is 19.5 Å². The maximum absolute atomic E-state index is 12.7. The van der Waals surface area contributed by atoms with Crippen LogP contribution in [-0.4, -0.2) is 20.1 Å².